The van der Waals surface area contributed by atoms with Crippen LogP contribution in [0.5, 0.6) is 5.75 Å². The van der Waals surface area contributed by atoms with Gasteiger partial charge in [0.1, 0.15) is 17.5 Å². The number of rotatable bonds is 4. The molecule has 0 radical (unpaired) electrons. The average molecular weight is 391 g/mol. The molecule has 0 saturated carbocycles. The van der Waals surface area contributed by atoms with Gasteiger partial charge in [0.05, 0.1) is 12.7 Å². The molecular weight excluding hydrogens is 374 g/mol. The van der Waals surface area contributed by atoms with Gasteiger partial charge in [-0.3, -0.25) is 4.79 Å². The second-order valence-corrected chi connectivity index (χ2v) is 6.54. The number of fused-ring (bicyclic) bond motifs is 1. The highest BCUT2D eigenvalue weighted by atomic mass is 16.5. The first-order valence-corrected chi connectivity index (χ1v) is 8.77. The number of tetrazole rings is 1. The van der Waals surface area contributed by atoms with Crippen LogP contribution in [0, 0.1) is 6.92 Å². The zero-order valence-electron chi connectivity index (χ0n) is 15.7. The molecule has 0 spiro atoms. The number of ether oxygens (including phenoxy) is 1. The lowest BCUT2D eigenvalue weighted by atomic mass is 9.89. The van der Waals surface area contributed by atoms with Gasteiger partial charge in [0, 0.05) is 5.56 Å². The Morgan fingerprint density at radius 1 is 1.10 bits per heavy atom. The highest BCUT2D eigenvalue weighted by Gasteiger charge is 2.38. The van der Waals surface area contributed by atoms with Gasteiger partial charge < -0.3 is 15.2 Å². The van der Waals surface area contributed by atoms with Crippen LogP contribution in [0.4, 0.5) is 5.95 Å². The van der Waals surface area contributed by atoms with Crippen molar-refractivity contribution in [1.82, 2.24) is 20.2 Å². The lowest BCUT2D eigenvalue weighted by Gasteiger charge is -2.28. The summed E-state index contributed by atoms with van der Waals surface area (Å²) in [4.78, 5) is 26.0. The molecule has 1 atom stereocenters. The van der Waals surface area contributed by atoms with Crippen LogP contribution in [0.15, 0.2) is 59.8 Å². The summed E-state index contributed by atoms with van der Waals surface area (Å²) < 4.78 is 6.31. The number of Topliss-reactive ketones (excluding diaryl/α,β-unsaturated/α-hetero) is 1. The van der Waals surface area contributed by atoms with E-state index in [4.69, 9.17) is 4.74 Å². The molecule has 2 heterocycles. The highest BCUT2D eigenvalue weighted by molar-refractivity contribution is 6.14. The maximum atomic E-state index is 13.5. The number of esters is 1. The summed E-state index contributed by atoms with van der Waals surface area (Å²) >= 11 is 0. The number of benzene rings is 2. The third-order valence-corrected chi connectivity index (χ3v) is 4.67. The lowest BCUT2D eigenvalue weighted by molar-refractivity contribution is -0.136. The SMILES string of the molecule is COC(=O)C1=C(C(=O)c2ccc(C)cc2)[C@@H](c2ccc(O)cc2)n2nnnc2N1. The number of hydrogen-bond donors (Lipinski definition) is 2. The number of carbonyl (C=O) groups excluding carboxylic acids is 2. The predicted octanol–water partition coefficient (Wildman–Crippen LogP) is 2.01. The Morgan fingerprint density at radius 3 is 2.45 bits per heavy atom. The molecule has 3 aromatic rings. The average Bonchev–Trinajstić information content (AvgIpc) is 3.21. The van der Waals surface area contributed by atoms with Crippen LogP contribution in [0.2, 0.25) is 0 Å². The number of hydrogen-bond acceptors (Lipinski definition) is 8. The summed E-state index contributed by atoms with van der Waals surface area (Å²) in [6.45, 7) is 1.92. The minimum atomic E-state index is -0.787. The van der Waals surface area contributed by atoms with Crippen molar-refractivity contribution in [2.24, 2.45) is 0 Å². The van der Waals surface area contributed by atoms with E-state index in [0.29, 0.717) is 11.1 Å². The molecule has 2 N–H and O–H groups in total. The van der Waals surface area contributed by atoms with Gasteiger partial charge in [-0.2, -0.15) is 4.68 Å². The molecule has 0 fully saturated rings. The number of methoxy groups -OCH3 is 1. The molecule has 0 unspecified atom stereocenters. The summed E-state index contributed by atoms with van der Waals surface area (Å²) in [6.07, 6.45) is 0. The van der Waals surface area contributed by atoms with Crippen LogP contribution in [0.25, 0.3) is 0 Å². The van der Waals surface area contributed by atoms with Crippen molar-refractivity contribution in [1.29, 1.82) is 0 Å². The van der Waals surface area contributed by atoms with Crippen LogP contribution in [-0.4, -0.2) is 44.2 Å². The highest BCUT2D eigenvalue weighted by Crippen LogP contribution is 2.37. The quantitative estimate of drug-likeness (QED) is 0.512. The van der Waals surface area contributed by atoms with Gasteiger partial charge >= 0.3 is 5.97 Å². The fourth-order valence-corrected chi connectivity index (χ4v) is 3.21. The molecule has 1 aliphatic rings. The minimum absolute atomic E-state index is 0.0292. The van der Waals surface area contributed by atoms with Crippen LogP contribution < -0.4 is 5.32 Å². The number of anilines is 1. The topological polar surface area (TPSA) is 119 Å². The number of phenolic OH excluding ortho intramolecular Hbond substituents is 1. The van der Waals surface area contributed by atoms with Gasteiger partial charge in [-0.1, -0.05) is 47.1 Å². The third-order valence-electron chi connectivity index (χ3n) is 4.67. The first-order valence-electron chi connectivity index (χ1n) is 8.77. The number of aryl methyl sites for hydroxylation is 1. The lowest BCUT2D eigenvalue weighted by Crippen LogP contribution is -2.32. The number of nitrogens with zero attached hydrogens (tertiary/aromatic N) is 4. The number of carbonyl (C=O) groups is 2. The molecule has 9 heteroatoms. The summed E-state index contributed by atoms with van der Waals surface area (Å²) in [7, 11) is 1.23. The van der Waals surface area contributed by atoms with E-state index in [1.807, 2.05) is 19.1 Å². The van der Waals surface area contributed by atoms with E-state index in [-0.39, 0.29) is 28.8 Å². The van der Waals surface area contributed by atoms with E-state index >= 15 is 0 Å². The largest absolute Gasteiger partial charge is 0.508 e. The standard InChI is InChI=1S/C20H17N5O4/c1-11-3-5-13(6-4-11)18(27)15-16(19(28)29-2)21-20-22-23-24-25(20)17(15)12-7-9-14(26)10-8-12/h3-10,17,26H,1-2H3,(H,21,22,24)/t17-/m1/s1. The van der Waals surface area contributed by atoms with E-state index in [1.165, 1.54) is 23.9 Å². The maximum Gasteiger partial charge on any atom is 0.355 e. The molecule has 29 heavy (non-hydrogen) atoms. The second kappa shape index (κ2) is 7.19. The fourth-order valence-electron chi connectivity index (χ4n) is 3.21. The summed E-state index contributed by atoms with van der Waals surface area (Å²) in [6, 6.07) is 12.5. The van der Waals surface area contributed by atoms with Crippen molar-refractivity contribution < 1.29 is 19.4 Å². The molecule has 9 nitrogen and oxygen atoms in total. The number of ketones is 1. The predicted molar refractivity (Wildman–Crippen MR) is 102 cm³/mol. The number of aromatic nitrogens is 4. The fraction of sp³-hybridized carbons (Fsp3) is 0.150. The van der Waals surface area contributed by atoms with Crippen molar-refractivity contribution in [2.45, 2.75) is 13.0 Å². The summed E-state index contributed by atoms with van der Waals surface area (Å²) in [5, 5.41) is 24.0. The van der Waals surface area contributed by atoms with Crippen LogP contribution >= 0.6 is 0 Å². The van der Waals surface area contributed by atoms with E-state index in [2.05, 4.69) is 20.8 Å². The molecule has 4 rings (SSSR count). The van der Waals surface area contributed by atoms with Crippen molar-refractivity contribution >= 4 is 17.7 Å². The normalized spacial score (nSPS) is 15.4. The van der Waals surface area contributed by atoms with E-state index in [1.54, 1.807) is 24.3 Å². The van der Waals surface area contributed by atoms with Crippen molar-refractivity contribution in [2.75, 3.05) is 12.4 Å². The Morgan fingerprint density at radius 2 is 1.79 bits per heavy atom. The Bertz CT molecular complexity index is 1120. The Labute approximate surface area is 165 Å². The summed E-state index contributed by atoms with van der Waals surface area (Å²) in [5.74, 6) is -0.803. The van der Waals surface area contributed by atoms with Gasteiger partial charge in [-0.05, 0) is 35.0 Å². The van der Waals surface area contributed by atoms with E-state index in [9.17, 15) is 14.7 Å². The molecule has 146 valence electrons. The molecule has 0 bridgehead atoms. The van der Waals surface area contributed by atoms with E-state index in [0.717, 1.165) is 5.56 Å². The molecule has 1 aromatic heterocycles. The Balaban J connectivity index is 1.94. The molecule has 0 amide bonds. The molecular formula is C20H17N5O4. The van der Waals surface area contributed by atoms with Gasteiger partial charge in [0.15, 0.2) is 5.78 Å². The Hall–Kier alpha value is -4.01. The number of aromatic hydroxyl groups is 1. The number of allylic oxidation sites excluding steroid dienone is 1. The van der Waals surface area contributed by atoms with Gasteiger partial charge in [-0.15, -0.1) is 0 Å². The van der Waals surface area contributed by atoms with Gasteiger partial charge in [0.25, 0.3) is 0 Å². The molecule has 0 saturated heterocycles. The molecule has 1 aliphatic heterocycles. The van der Waals surface area contributed by atoms with Crippen molar-refractivity contribution in [3.63, 3.8) is 0 Å². The van der Waals surface area contributed by atoms with Crippen LogP contribution in [0.3, 0.4) is 0 Å². The van der Waals surface area contributed by atoms with Gasteiger partial charge in [-0.25, -0.2) is 4.79 Å². The first kappa shape index (κ1) is 18.4. The smallest absolute Gasteiger partial charge is 0.355 e. The van der Waals surface area contributed by atoms with Gasteiger partial charge in [0.2, 0.25) is 5.95 Å². The van der Waals surface area contributed by atoms with Crippen LogP contribution in [-0.2, 0) is 9.53 Å². The Kier molecular flexibility index (Phi) is 4.55. The number of phenols is 1. The zero-order chi connectivity index (χ0) is 20.5. The first-order chi connectivity index (χ1) is 14.0. The van der Waals surface area contributed by atoms with E-state index < -0.39 is 12.0 Å². The maximum absolute atomic E-state index is 13.5. The zero-order valence-corrected chi connectivity index (χ0v) is 15.7. The monoisotopic (exact) mass is 391 g/mol. The van der Waals surface area contributed by atoms with Crippen molar-refractivity contribution in [3.8, 4) is 5.75 Å². The van der Waals surface area contributed by atoms with Crippen molar-refractivity contribution in [3.05, 3.63) is 76.5 Å². The minimum Gasteiger partial charge on any atom is -0.508 e. The second-order valence-electron chi connectivity index (χ2n) is 6.54. The number of nitrogens with one attached hydrogen (secondary N) is 1. The third kappa shape index (κ3) is 3.22. The van der Waals surface area contributed by atoms with Crippen LogP contribution in [0.1, 0.15) is 27.5 Å². The molecule has 0 aliphatic carbocycles. The molecule has 2 aromatic carbocycles. The summed E-state index contributed by atoms with van der Waals surface area (Å²) in [5.41, 5.74) is 2.15.